The Morgan fingerprint density at radius 1 is 1.11 bits per heavy atom. The van der Waals surface area contributed by atoms with Crippen molar-refractivity contribution in [3.63, 3.8) is 0 Å². The van der Waals surface area contributed by atoms with E-state index in [2.05, 4.69) is 20.9 Å². The third-order valence-electron chi connectivity index (χ3n) is 5.20. The second-order valence-corrected chi connectivity index (χ2v) is 7.64. The van der Waals surface area contributed by atoms with Gasteiger partial charge in [0, 0.05) is 25.2 Å². The number of hydrogen-bond donors (Lipinski definition) is 3. The predicted molar refractivity (Wildman–Crippen MR) is 104 cm³/mol. The van der Waals surface area contributed by atoms with E-state index in [9.17, 15) is 14.4 Å². The normalized spacial score (nSPS) is 18.3. The summed E-state index contributed by atoms with van der Waals surface area (Å²) in [5.74, 6) is -0.838. The number of likely N-dealkylation sites (tertiary alicyclic amines) is 1. The molecular formula is C19H35N5O3. The third kappa shape index (κ3) is 8.36. The van der Waals surface area contributed by atoms with Crippen molar-refractivity contribution in [1.82, 2.24) is 25.8 Å². The Labute approximate surface area is 162 Å². The first-order valence-electron chi connectivity index (χ1n) is 10.3. The minimum absolute atomic E-state index is 0.0492. The molecule has 1 saturated carbocycles. The number of carbonyl (C=O) groups excluding carboxylic acids is 3. The number of hydrogen-bond acceptors (Lipinski definition) is 6. The molecule has 0 spiro atoms. The number of amides is 3. The van der Waals surface area contributed by atoms with E-state index in [4.69, 9.17) is 0 Å². The van der Waals surface area contributed by atoms with Crippen LogP contribution in [-0.4, -0.2) is 85.4 Å². The summed E-state index contributed by atoms with van der Waals surface area (Å²) >= 11 is 0. The zero-order chi connectivity index (χ0) is 19.6. The first kappa shape index (κ1) is 21.8. The van der Waals surface area contributed by atoms with Crippen molar-refractivity contribution >= 4 is 17.7 Å². The molecule has 2 fully saturated rings. The Hall–Kier alpha value is -1.51. The van der Waals surface area contributed by atoms with Gasteiger partial charge < -0.3 is 20.4 Å². The smallest absolute Gasteiger partial charge is 0.246 e. The first-order chi connectivity index (χ1) is 13.0. The number of carbonyl (C=O) groups is 3. The summed E-state index contributed by atoms with van der Waals surface area (Å²) in [6.45, 7) is 8.32. The van der Waals surface area contributed by atoms with Crippen LogP contribution >= 0.6 is 0 Å². The summed E-state index contributed by atoms with van der Waals surface area (Å²) in [5.41, 5.74) is 0. The zero-order valence-electron chi connectivity index (χ0n) is 16.8. The van der Waals surface area contributed by atoms with E-state index in [0.717, 1.165) is 45.4 Å². The van der Waals surface area contributed by atoms with Gasteiger partial charge in [-0.25, -0.2) is 0 Å². The van der Waals surface area contributed by atoms with Crippen molar-refractivity contribution < 1.29 is 14.4 Å². The fraction of sp³-hybridized carbons (Fsp3) is 0.842. The molecule has 3 amide bonds. The van der Waals surface area contributed by atoms with E-state index in [-0.39, 0.29) is 43.5 Å². The highest BCUT2D eigenvalue weighted by Crippen LogP contribution is 2.26. The summed E-state index contributed by atoms with van der Waals surface area (Å²) in [5, 5.41) is 8.60. The lowest BCUT2D eigenvalue weighted by atomic mass is 10.2. The molecule has 3 N–H and O–H groups in total. The van der Waals surface area contributed by atoms with Crippen LogP contribution in [0.3, 0.4) is 0 Å². The van der Waals surface area contributed by atoms with E-state index < -0.39 is 5.91 Å². The van der Waals surface area contributed by atoms with Crippen LogP contribution in [0.25, 0.3) is 0 Å². The quantitative estimate of drug-likeness (QED) is 0.402. The summed E-state index contributed by atoms with van der Waals surface area (Å²) in [6.07, 6.45) is 5.28. The van der Waals surface area contributed by atoms with Gasteiger partial charge in [-0.15, -0.1) is 0 Å². The lowest BCUT2D eigenvalue weighted by molar-refractivity contribution is -0.138. The summed E-state index contributed by atoms with van der Waals surface area (Å²) in [4.78, 5) is 40.4. The standard InChI is InChI=1S/C19H35N5O3/c1-3-15(2)21-12-17(25)22-18(26)14-24(16-6-7-16)19(27)13-20-8-11-23-9-4-5-10-23/h15-16,20-21H,3-14H2,1-2H3,(H,22,25,26). The highest BCUT2D eigenvalue weighted by Gasteiger charge is 2.33. The molecule has 1 aliphatic carbocycles. The van der Waals surface area contributed by atoms with Crippen LogP contribution in [0.4, 0.5) is 0 Å². The zero-order valence-corrected chi connectivity index (χ0v) is 16.8. The van der Waals surface area contributed by atoms with Crippen LogP contribution in [0.15, 0.2) is 0 Å². The highest BCUT2D eigenvalue weighted by atomic mass is 16.2. The topological polar surface area (TPSA) is 93.8 Å². The fourth-order valence-electron chi connectivity index (χ4n) is 3.15. The maximum absolute atomic E-state index is 12.5. The van der Waals surface area contributed by atoms with Crippen LogP contribution in [0.5, 0.6) is 0 Å². The van der Waals surface area contributed by atoms with Gasteiger partial charge in [-0.05, 0) is 52.1 Å². The molecule has 1 aliphatic heterocycles. The monoisotopic (exact) mass is 381 g/mol. The molecule has 1 atom stereocenters. The van der Waals surface area contributed by atoms with E-state index in [1.807, 2.05) is 13.8 Å². The average molecular weight is 382 g/mol. The molecule has 1 saturated heterocycles. The van der Waals surface area contributed by atoms with Crippen LogP contribution in [-0.2, 0) is 14.4 Å². The molecule has 1 heterocycles. The molecule has 0 aromatic rings. The van der Waals surface area contributed by atoms with Crippen molar-refractivity contribution in [2.24, 2.45) is 0 Å². The van der Waals surface area contributed by atoms with Gasteiger partial charge in [-0.1, -0.05) is 6.92 Å². The lowest BCUT2D eigenvalue weighted by Gasteiger charge is -2.22. The van der Waals surface area contributed by atoms with Crippen molar-refractivity contribution in [2.75, 3.05) is 45.8 Å². The van der Waals surface area contributed by atoms with Gasteiger partial charge in [0.05, 0.1) is 13.1 Å². The van der Waals surface area contributed by atoms with E-state index in [1.165, 1.54) is 12.8 Å². The molecule has 27 heavy (non-hydrogen) atoms. The molecule has 1 unspecified atom stereocenters. The Balaban J connectivity index is 1.66. The minimum Gasteiger partial charge on any atom is -0.329 e. The second-order valence-electron chi connectivity index (χ2n) is 7.64. The van der Waals surface area contributed by atoms with Crippen molar-refractivity contribution in [2.45, 2.75) is 58.0 Å². The van der Waals surface area contributed by atoms with Crippen LogP contribution in [0.1, 0.15) is 46.0 Å². The van der Waals surface area contributed by atoms with Crippen molar-refractivity contribution in [3.05, 3.63) is 0 Å². The first-order valence-corrected chi connectivity index (χ1v) is 10.3. The maximum Gasteiger partial charge on any atom is 0.246 e. The molecule has 2 rings (SSSR count). The van der Waals surface area contributed by atoms with Crippen molar-refractivity contribution in [3.8, 4) is 0 Å². The number of imide groups is 1. The Kier molecular flexibility index (Phi) is 9.17. The van der Waals surface area contributed by atoms with Gasteiger partial charge in [0.25, 0.3) is 0 Å². The molecule has 0 aromatic carbocycles. The predicted octanol–water partition coefficient (Wildman–Crippen LogP) is -0.306. The second kappa shape index (κ2) is 11.4. The van der Waals surface area contributed by atoms with Gasteiger partial charge in [0.1, 0.15) is 6.54 Å². The summed E-state index contributed by atoms with van der Waals surface area (Å²) in [7, 11) is 0. The highest BCUT2D eigenvalue weighted by molar-refractivity contribution is 5.98. The fourth-order valence-corrected chi connectivity index (χ4v) is 3.15. The molecule has 0 aromatic heterocycles. The maximum atomic E-state index is 12.5. The van der Waals surface area contributed by atoms with Crippen molar-refractivity contribution in [1.29, 1.82) is 0 Å². The van der Waals surface area contributed by atoms with Crippen LogP contribution in [0, 0.1) is 0 Å². The molecule has 8 nitrogen and oxygen atoms in total. The molecule has 154 valence electrons. The van der Waals surface area contributed by atoms with E-state index >= 15 is 0 Å². The largest absolute Gasteiger partial charge is 0.329 e. The summed E-state index contributed by atoms with van der Waals surface area (Å²) < 4.78 is 0. The van der Waals surface area contributed by atoms with Gasteiger partial charge in [-0.3, -0.25) is 19.7 Å². The Morgan fingerprint density at radius 3 is 2.44 bits per heavy atom. The number of rotatable bonds is 12. The lowest BCUT2D eigenvalue weighted by Crippen LogP contribution is -2.48. The van der Waals surface area contributed by atoms with E-state index in [0.29, 0.717) is 0 Å². The number of nitrogens with zero attached hydrogens (tertiary/aromatic N) is 2. The van der Waals surface area contributed by atoms with Gasteiger partial charge in [0.15, 0.2) is 0 Å². The SMILES string of the molecule is CCC(C)NCC(=O)NC(=O)CN(C(=O)CNCCN1CCCC1)C1CC1. The van der Waals surface area contributed by atoms with Gasteiger partial charge >= 0.3 is 0 Å². The molecule has 0 bridgehead atoms. The van der Waals surface area contributed by atoms with Crippen LogP contribution in [0.2, 0.25) is 0 Å². The van der Waals surface area contributed by atoms with Crippen LogP contribution < -0.4 is 16.0 Å². The Bertz CT molecular complexity index is 504. The number of nitrogens with one attached hydrogen (secondary N) is 3. The summed E-state index contributed by atoms with van der Waals surface area (Å²) in [6, 6.07) is 0.360. The van der Waals surface area contributed by atoms with E-state index in [1.54, 1.807) is 4.90 Å². The average Bonchev–Trinajstić information content (AvgIpc) is 3.36. The molecule has 0 radical (unpaired) electrons. The molecule has 2 aliphatic rings. The van der Waals surface area contributed by atoms with Gasteiger partial charge in [-0.2, -0.15) is 0 Å². The molecular weight excluding hydrogens is 346 g/mol. The van der Waals surface area contributed by atoms with Gasteiger partial charge in [0.2, 0.25) is 17.7 Å². The molecule has 8 heteroatoms. The minimum atomic E-state index is -0.414. The third-order valence-corrected chi connectivity index (χ3v) is 5.20. The Morgan fingerprint density at radius 2 is 1.81 bits per heavy atom.